The van der Waals surface area contributed by atoms with Gasteiger partial charge in [-0.1, -0.05) is 81.3 Å². The molecule has 0 aliphatic carbocycles. The van der Waals surface area contributed by atoms with Crippen LogP contribution in [-0.2, 0) is 26.4 Å². The van der Waals surface area contributed by atoms with Crippen molar-refractivity contribution in [3.8, 4) is 5.75 Å². The molecule has 1 N–H and O–H groups in total. The molecule has 13 nitrogen and oxygen atoms in total. The number of hydrogen-bond donors (Lipinski definition) is 1. The zero-order chi connectivity index (χ0) is 47.1. The molecule has 0 spiro atoms. The first-order chi connectivity index (χ1) is 31.9. The number of aromatic nitrogens is 3. The lowest BCUT2D eigenvalue weighted by Crippen LogP contribution is -2.46. The van der Waals surface area contributed by atoms with Crippen molar-refractivity contribution < 1.29 is 37.3 Å². The third kappa shape index (κ3) is 15.6. The number of nitrogens with one attached hydrogen (secondary N) is 1. The van der Waals surface area contributed by atoms with E-state index in [1.54, 1.807) is 17.9 Å². The Labute approximate surface area is 434 Å². The quantitative estimate of drug-likeness (QED) is 0.0686. The molecule has 2 atom stereocenters. The predicted octanol–water partition coefficient (Wildman–Crippen LogP) is 9.86. The average Bonchev–Trinajstić information content (AvgIpc) is 3.99. The maximum Gasteiger partial charge on any atom is 0.338 e. The number of alkyl halides is 3. The third-order valence-electron chi connectivity index (χ3n) is 11.4. The Morgan fingerprint density at radius 2 is 1.33 bits per heavy atom. The molecule has 5 aromatic rings. The van der Waals surface area contributed by atoms with Gasteiger partial charge in [0.1, 0.15) is 35.6 Å². The number of piperazine rings is 2. The molecular formula is C49H60F2I3N7O6. The summed E-state index contributed by atoms with van der Waals surface area (Å²) < 4.78 is 53.6. The van der Waals surface area contributed by atoms with E-state index in [9.17, 15) is 18.4 Å². The Morgan fingerprint density at radius 3 is 1.84 bits per heavy atom. The summed E-state index contributed by atoms with van der Waals surface area (Å²) in [6.45, 7) is 15.0. The topological polar surface area (TPSA) is 124 Å². The molecular weight excluding hydrogens is 1200 g/mol. The highest BCUT2D eigenvalue weighted by Gasteiger charge is 2.44. The van der Waals surface area contributed by atoms with Crippen LogP contribution in [0.1, 0.15) is 59.5 Å². The molecule has 3 aliphatic heterocycles. The molecule has 18 heteroatoms. The Kier molecular flexibility index (Phi) is 21.6. The van der Waals surface area contributed by atoms with Gasteiger partial charge in [-0.15, -0.1) is 0 Å². The molecule has 0 radical (unpaired) electrons. The van der Waals surface area contributed by atoms with Crippen molar-refractivity contribution in [3.05, 3.63) is 131 Å². The zero-order valence-electron chi connectivity index (χ0n) is 37.3. The Bertz CT molecular complexity index is 2300. The lowest BCUT2D eigenvalue weighted by atomic mass is 9.87. The van der Waals surface area contributed by atoms with E-state index in [1.165, 1.54) is 24.1 Å². The van der Waals surface area contributed by atoms with E-state index in [0.29, 0.717) is 49.5 Å². The molecule has 4 heterocycles. The molecule has 0 bridgehead atoms. The summed E-state index contributed by atoms with van der Waals surface area (Å²) in [6, 6.07) is 25.0. The smallest absolute Gasteiger partial charge is 0.338 e. The zero-order valence-corrected chi connectivity index (χ0v) is 43.8. The number of hydrogen-bond acceptors (Lipinski definition) is 12. The van der Waals surface area contributed by atoms with Gasteiger partial charge < -0.3 is 39.0 Å². The maximum atomic E-state index is 15.0. The lowest BCUT2D eigenvalue weighted by molar-refractivity contribution is -0.0206. The number of halogens is 5. The van der Waals surface area contributed by atoms with Crippen LogP contribution in [0.3, 0.4) is 0 Å². The minimum absolute atomic E-state index is 0. The molecule has 3 saturated heterocycles. The monoisotopic (exact) mass is 1260 g/mol. The van der Waals surface area contributed by atoms with Gasteiger partial charge in [0.05, 0.1) is 44.1 Å². The van der Waals surface area contributed by atoms with Crippen LogP contribution in [0.2, 0.25) is 0 Å². The second-order valence-corrected chi connectivity index (χ2v) is 26.7. The van der Waals surface area contributed by atoms with E-state index in [0.717, 1.165) is 81.1 Å². The number of carbonyl (C=O) groups is 2. The summed E-state index contributed by atoms with van der Waals surface area (Å²) in [7, 11) is 0. The molecule has 0 saturated carbocycles. The summed E-state index contributed by atoms with van der Waals surface area (Å²) in [5.41, 5.74) is 4.89. The molecule has 3 aliphatic rings. The van der Waals surface area contributed by atoms with Crippen LogP contribution in [0.5, 0.6) is 5.75 Å². The van der Waals surface area contributed by atoms with Gasteiger partial charge in [-0.3, -0.25) is 0 Å². The predicted molar refractivity (Wildman–Crippen MR) is 286 cm³/mol. The van der Waals surface area contributed by atoms with Gasteiger partial charge in [0.25, 0.3) is 0 Å². The average molecular weight is 1260 g/mol. The fraction of sp³-hybridized carbons (Fsp3) is 0.429. The summed E-state index contributed by atoms with van der Waals surface area (Å²) in [5.74, 6) is -1.04. The minimum Gasteiger partial charge on any atom is -0.493 e. The van der Waals surface area contributed by atoms with Gasteiger partial charge in [-0.25, -0.2) is 28.0 Å². The lowest BCUT2D eigenvalue weighted by Gasteiger charge is -2.37. The van der Waals surface area contributed by atoms with Crippen LogP contribution < -0.4 is 24.8 Å². The van der Waals surface area contributed by atoms with Gasteiger partial charge in [-0.2, -0.15) is 5.10 Å². The summed E-state index contributed by atoms with van der Waals surface area (Å²) >= 11 is 6.95. The molecule has 8 rings (SSSR count). The first-order valence-electron chi connectivity index (χ1n) is 22.0. The number of ether oxygens (including phenoxy) is 4. The van der Waals surface area contributed by atoms with Gasteiger partial charge in [0.15, 0.2) is 0 Å². The third-order valence-corrected chi connectivity index (χ3v) is 11.4. The normalized spacial score (nSPS) is 17.9. The van der Waals surface area contributed by atoms with E-state index in [-0.39, 0.29) is 31.8 Å². The van der Waals surface area contributed by atoms with Crippen molar-refractivity contribution in [2.45, 2.75) is 46.7 Å². The number of rotatable bonds is 13. The number of benzene rings is 4. The van der Waals surface area contributed by atoms with Gasteiger partial charge in [0.2, 0.25) is 0 Å². The highest BCUT2D eigenvalue weighted by molar-refractivity contribution is 14.3. The van der Waals surface area contributed by atoms with Crippen LogP contribution >= 0.6 is 67.8 Å². The Balaban J connectivity index is 0.000000317. The maximum absolute atomic E-state index is 15.0. The van der Waals surface area contributed by atoms with E-state index in [1.807, 2.05) is 68.4 Å². The molecule has 0 amide bonds. The standard InChI is InChI=1S/C34H37F2N5O4.C13H18N2O2.CHI3.CH4/c1-3-43-33(42)26-4-7-28(8-5-26)39-12-14-40(15-13-39)29-9-11-32(24(2)16-29)44-19-25-18-34(45-20-25,21-41-23-37-22-38-41)30-10-6-27(35)17-31(30)36;1-2-17-13(16)11-3-5-12(6-4-11)15-9-7-14-8-10-15;2-1(3)4;/h4-11,16-17,22-23,25H,3,12-15,18-21H2,1-2H3;3-6,14H,2,7-10H2,1H3;1H;1H4/t25-,34+;;;/m1.../s1. The fourth-order valence-corrected chi connectivity index (χ4v) is 8.18. The van der Waals surface area contributed by atoms with E-state index >= 15 is 0 Å². The van der Waals surface area contributed by atoms with Crippen LogP contribution in [-0.4, -0.2) is 105 Å². The second-order valence-electron chi connectivity index (χ2n) is 15.8. The van der Waals surface area contributed by atoms with Crippen molar-refractivity contribution in [1.82, 2.24) is 20.1 Å². The Hall–Kier alpha value is -3.87. The van der Waals surface area contributed by atoms with Crippen LogP contribution in [0.15, 0.2) is 97.6 Å². The van der Waals surface area contributed by atoms with Gasteiger partial charge in [0, 0.05) is 87.0 Å². The van der Waals surface area contributed by atoms with Crippen molar-refractivity contribution in [1.29, 1.82) is 0 Å². The van der Waals surface area contributed by atoms with Gasteiger partial charge in [-0.05, 0) is 106 Å². The summed E-state index contributed by atoms with van der Waals surface area (Å²) in [4.78, 5) is 34.4. The van der Waals surface area contributed by atoms with Crippen molar-refractivity contribution >= 4 is 96.8 Å². The van der Waals surface area contributed by atoms with Crippen LogP contribution in [0.25, 0.3) is 0 Å². The minimum atomic E-state index is -1.01. The number of anilines is 3. The molecule has 4 aromatic carbocycles. The summed E-state index contributed by atoms with van der Waals surface area (Å²) in [5, 5.41) is 7.50. The molecule has 1 aromatic heterocycles. The van der Waals surface area contributed by atoms with E-state index in [2.05, 4.69) is 110 Å². The van der Waals surface area contributed by atoms with E-state index in [4.69, 9.17) is 18.9 Å². The first-order valence-corrected chi connectivity index (χ1v) is 25.7. The number of aryl methyl sites for hydroxylation is 1. The first kappa shape index (κ1) is 54.1. The number of carbonyl (C=O) groups excluding carboxylic acids is 2. The molecule has 3 fully saturated rings. The van der Waals surface area contributed by atoms with Crippen molar-refractivity contribution in [2.75, 3.05) is 93.5 Å². The summed E-state index contributed by atoms with van der Waals surface area (Å²) in [6.07, 6.45) is 3.47. The number of esters is 2. The van der Waals surface area contributed by atoms with Crippen molar-refractivity contribution in [2.24, 2.45) is 5.92 Å². The Morgan fingerprint density at radius 1 is 0.791 bits per heavy atom. The highest BCUT2D eigenvalue weighted by Crippen LogP contribution is 2.42. The molecule has 67 heavy (non-hydrogen) atoms. The van der Waals surface area contributed by atoms with E-state index < -0.39 is 17.2 Å². The highest BCUT2D eigenvalue weighted by atomic mass is 127. The van der Waals surface area contributed by atoms with Crippen molar-refractivity contribution in [3.63, 3.8) is 0 Å². The SMILES string of the molecule is C.CCOC(=O)c1ccc(N2CCN(c3ccc(OC[C@@H]4CO[C@@](Cn5cncn5)(c5ccc(F)cc5F)C4)c(C)c3)CC2)cc1.CCOC(=O)c1ccc(N2CCNCC2)cc1.IC(I)I. The molecule has 362 valence electrons. The molecule has 0 unspecified atom stereocenters. The van der Waals surface area contributed by atoms with Gasteiger partial charge >= 0.3 is 11.9 Å². The second kappa shape index (κ2) is 26.8. The largest absolute Gasteiger partial charge is 0.493 e. The number of nitrogens with zero attached hydrogens (tertiary/aromatic N) is 6. The van der Waals surface area contributed by atoms with Crippen LogP contribution in [0.4, 0.5) is 25.8 Å². The van der Waals surface area contributed by atoms with Crippen LogP contribution in [0, 0.1) is 24.5 Å². The fourth-order valence-electron chi connectivity index (χ4n) is 8.18.